The van der Waals surface area contributed by atoms with Gasteiger partial charge in [-0.3, -0.25) is 0 Å². The molecule has 0 bridgehead atoms. The lowest BCUT2D eigenvalue weighted by Gasteiger charge is -2.20. The molecule has 0 N–H and O–H groups in total. The van der Waals surface area contributed by atoms with E-state index in [1.807, 2.05) is 0 Å². The summed E-state index contributed by atoms with van der Waals surface area (Å²) in [7, 11) is 0. The van der Waals surface area contributed by atoms with Crippen LogP contribution in [0.25, 0.3) is 0 Å². The van der Waals surface area contributed by atoms with Crippen LogP contribution in [0.1, 0.15) is 5.56 Å². The third-order valence-electron chi connectivity index (χ3n) is 4.48. The Morgan fingerprint density at radius 2 is 0.867 bits per heavy atom. The van der Waals surface area contributed by atoms with Crippen LogP contribution in [0.3, 0.4) is 0 Å². The third-order valence-corrected chi connectivity index (χ3v) is 4.48. The van der Waals surface area contributed by atoms with Crippen LogP contribution >= 0.6 is 0 Å². The molecule has 30 heavy (non-hydrogen) atoms. The number of aryl methyl sites for hydroxylation is 1. The van der Waals surface area contributed by atoms with E-state index >= 15 is 0 Å². The van der Waals surface area contributed by atoms with Gasteiger partial charge in [-0.1, -0.05) is 6.07 Å². The molecule has 0 heterocycles. The van der Waals surface area contributed by atoms with Crippen molar-refractivity contribution in [3.05, 3.63) is 88.0 Å². The molecule has 0 saturated heterocycles. The van der Waals surface area contributed by atoms with Crippen molar-refractivity contribution in [3.8, 4) is 0 Å². The maximum Gasteiger partial charge on any atom is 0.264 e. The summed E-state index contributed by atoms with van der Waals surface area (Å²) in [6, 6.07) is 1.01. The Labute approximate surface area is 162 Å². The van der Waals surface area contributed by atoms with Gasteiger partial charge in [-0.2, -0.15) is 0 Å². The second-order valence-electron chi connectivity index (χ2n) is 6.29. The molecule has 0 aliphatic rings. The van der Waals surface area contributed by atoms with Crippen LogP contribution in [0.4, 0.5) is 43.9 Å². The van der Waals surface area contributed by atoms with Crippen LogP contribution in [0, 0.1) is 65.1 Å². The number of hydrogen-bond donors (Lipinski definition) is 0. The summed E-state index contributed by atoms with van der Waals surface area (Å²) >= 11 is 0. The highest BCUT2D eigenvalue weighted by Crippen LogP contribution is 2.18. The molecule has 0 nitrogen and oxygen atoms in total. The quantitative estimate of drug-likeness (QED) is 0.253. The minimum absolute atomic E-state index is 0.220. The molecule has 0 spiro atoms. The van der Waals surface area contributed by atoms with Crippen molar-refractivity contribution in [2.75, 3.05) is 0 Å². The average molecular weight is 436 g/mol. The molecule has 3 rings (SSSR count). The van der Waals surface area contributed by atoms with E-state index in [4.69, 9.17) is 0 Å². The van der Waals surface area contributed by atoms with Crippen LogP contribution < -0.4 is 16.4 Å². The van der Waals surface area contributed by atoms with Crippen molar-refractivity contribution < 1.29 is 43.9 Å². The normalized spacial score (nSPS) is 11.2. The molecule has 0 aliphatic carbocycles. The highest BCUT2D eigenvalue weighted by molar-refractivity contribution is 6.95. The molecule has 156 valence electrons. The monoisotopic (exact) mass is 436 g/mol. The van der Waals surface area contributed by atoms with E-state index in [1.54, 1.807) is 0 Å². The van der Waals surface area contributed by atoms with E-state index < -0.39 is 81.3 Å². The molecule has 0 aliphatic heterocycles. The van der Waals surface area contributed by atoms with E-state index in [0.29, 0.717) is 6.07 Å². The third kappa shape index (κ3) is 3.31. The molecule has 0 saturated carbocycles. The number of rotatable bonds is 3. The molecule has 0 atom stereocenters. The van der Waals surface area contributed by atoms with Crippen molar-refractivity contribution in [1.82, 2.24) is 0 Å². The summed E-state index contributed by atoms with van der Waals surface area (Å²) in [4.78, 5) is 0. The van der Waals surface area contributed by atoms with Gasteiger partial charge in [0.05, 0.1) is 0 Å². The molecule has 3 aromatic carbocycles. The second kappa shape index (κ2) is 7.69. The molecular weight excluding hydrogens is 429 g/mol. The van der Waals surface area contributed by atoms with Gasteiger partial charge in [0.15, 0.2) is 34.9 Å². The summed E-state index contributed by atoms with van der Waals surface area (Å²) in [6.07, 6.45) is 0. The van der Waals surface area contributed by atoms with Crippen molar-refractivity contribution in [1.29, 1.82) is 0 Å². The van der Waals surface area contributed by atoms with Crippen LogP contribution in [0.5, 0.6) is 0 Å². The Bertz CT molecular complexity index is 1110. The fraction of sp³-hybridized carbons (Fsp3) is 0.0526. The number of hydrogen-bond acceptors (Lipinski definition) is 0. The standard InChI is InChI=1S/C19H7BF10/c1-6-2-3-7(21)12(15(6)26)20(13-8(22)4-10(24)16(27)18(13)29)14-9(23)5-11(25)17(28)19(14)30/h2-5H,1H3. The molecule has 0 unspecified atom stereocenters. The van der Waals surface area contributed by atoms with Crippen molar-refractivity contribution >= 4 is 23.1 Å². The fourth-order valence-electron chi connectivity index (χ4n) is 3.07. The van der Waals surface area contributed by atoms with Crippen LogP contribution in [0.15, 0.2) is 24.3 Å². The largest absolute Gasteiger partial charge is 0.264 e. The van der Waals surface area contributed by atoms with Crippen molar-refractivity contribution in [3.63, 3.8) is 0 Å². The lowest BCUT2D eigenvalue weighted by molar-refractivity contribution is 0.438. The second-order valence-corrected chi connectivity index (χ2v) is 6.29. The van der Waals surface area contributed by atoms with E-state index in [2.05, 4.69) is 0 Å². The Balaban J connectivity index is 2.54. The average Bonchev–Trinajstić information content (AvgIpc) is 2.67. The topological polar surface area (TPSA) is 0 Å². The van der Waals surface area contributed by atoms with Gasteiger partial charge < -0.3 is 0 Å². The van der Waals surface area contributed by atoms with E-state index in [1.165, 1.54) is 0 Å². The predicted octanol–water partition coefficient (Wildman–Crippen LogP) is 3.90. The van der Waals surface area contributed by atoms with Crippen molar-refractivity contribution in [2.24, 2.45) is 0 Å². The first-order valence-corrected chi connectivity index (χ1v) is 8.07. The summed E-state index contributed by atoms with van der Waals surface area (Å²) in [5, 5.41) is 0. The van der Waals surface area contributed by atoms with Gasteiger partial charge >= 0.3 is 0 Å². The molecule has 0 radical (unpaired) electrons. The smallest absolute Gasteiger partial charge is 0.207 e. The van der Waals surface area contributed by atoms with Crippen LogP contribution in [-0.2, 0) is 0 Å². The predicted molar refractivity (Wildman–Crippen MR) is 88.3 cm³/mol. The summed E-state index contributed by atoms with van der Waals surface area (Å²) in [5.74, 6) is -20.5. The summed E-state index contributed by atoms with van der Waals surface area (Å²) < 4.78 is 141. The summed E-state index contributed by atoms with van der Waals surface area (Å²) in [6.45, 7) is -1.75. The van der Waals surface area contributed by atoms with Gasteiger partial charge in [-0.15, -0.1) is 0 Å². The minimum atomic E-state index is -2.81. The first-order chi connectivity index (χ1) is 14.0. The first kappa shape index (κ1) is 21.7. The first-order valence-electron chi connectivity index (χ1n) is 8.07. The Morgan fingerprint density at radius 3 is 1.30 bits per heavy atom. The highest BCUT2D eigenvalue weighted by atomic mass is 19.2. The Kier molecular flexibility index (Phi) is 5.57. The van der Waals surface area contributed by atoms with E-state index in [9.17, 15) is 43.9 Å². The zero-order valence-electron chi connectivity index (χ0n) is 14.7. The Hall–Kier alpha value is -2.98. The minimum Gasteiger partial charge on any atom is -0.207 e. The lowest BCUT2D eigenvalue weighted by Crippen LogP contribution is -2.59. The lowest BCUT2D eigenvalue weighted by atomic mass is 9.36. The van der Waals surface area contributed by atoms with Crippen molar-refractivity contribution in [2.45, 2.75) is 6.92 Å². The zero-order chi connectivity index (χ0) is 22.5. The summed E-state index contributed by atoms with van der Waals surface area (Å²) in [5.41, 5.74) is -5.16. The van der Waals surface area contributed by atoms with Gasteiger partial charge in [-0.05, 0) is 18.6 Å². The molecule has 0 aromatic heterocycles. The maximum absolute atomic E-state index is 14.7. The molecular formula is C19H7BF10. The fourth-order valence-corrected chi connectivity index (χ4v) is 3.07. The maximum atomic E-state index is 14.7. The SMILES string of the molecule is Cc1ccc(F)c(B(c2c(F)cc(F)c(F)c2F)c2c(F)cc(F)c(F)c2F)c1F. The van der Waals surface area contributed by atoms with E-state index in [0.717, 1.165) is 13.0 Å². The molecule has 0 fully saturated rings. The van der Waals surface area contributed by atoms with E-state index in [-0.39, 0.29) is 17.7 Å². The zero-order valence-corrected chi connectivity index (χ0v) is 14.7. The van der Waals surface area contributed by atoms with Gasteiger partial charge in [-0.25, -0.2) is 43.9 Å². The number of halogens is 10. The van der Waals surface area contributed by atoms with Gasteiger partial charge in [0.2, 0.25) is 0 Å². The number of benzene rings is 3. The molecule has 0 amide bonds. The van der Waals surface area contributed by atoms with Crippen LogP contribution in [-0.4, -0.2) is 6.71 Å². The molecule has 3 aromatic rings. The van der Waals surface area contributed by atoms with Gasteiger partial charge in [0, 0.05) is 28.5 Å². The highest BCUT2D eigenvalue weighted by Gasteiger charge is 2.40. The van der Waals surface area contributed by atoms with Gasteiger partial charge in [0.25, 0.3) is 6.71 Å². The van der Waals surface area contributed by atoms with Crippen LogP contribution in [0.2, 0.25) is 0 Å². The Morgan fingerprint density at radius 1 is 0.467 bits per heavy atom. The van der Waals surface area contributed by atoms with Gasteiger partial charge in [0.1, 0.15) is 23.3 Å². The molecule has 11 heteroatoms.